The Balaban J connectivity index is 1.18. The fourth-order valence-corrected chi connectivity index (χ4v) is 6.24. The van der Waals surface area contributed by atoms with Gasteiger partial charge in [-0.1, -0.05) is 24.3 Å². The van der Waals surface area contributed by atoms with E-state index in [-0.39, 0.29) is 11.9 Å². The number of likely N-dealkylation sites (tertiary alicyclic amines) is 2. The second-order valence-corrected chi connectivity index (χ2v) is 10.9. The lowest BCUT2D eigenvalue weighted by Gasteiger charge is -2.44. The van der Waals surface area contributed by atoms with Crippen LogP contribution >= 0.6 is 0 Å². The van der Waals surface area contributed by atoms with Gasteiger partial charge in [-0.3, -0.25) is 15.2 Å². The van der Waals surface area contributed by atoms with Crippen molar-refractivity contribution in [3.8, 4) is 0 Å². The van der Waals surface area contributed by atoms with Crippen molar-refractivity contribution in [3.05, 3.63) is 59.3 Å². The SMILES string of the molecule is Cc1cc(CC(NC(=O)N2CCC3(CC2)OC(=O)Nc2ccccc23)C(=O)N2CCCCC2)cc2cn[nH]c12. The Kier molecular flexibility index (Phi) is 6.62. The lowest BCUT2D eigenvalue weighted by Crippen LogP contribution is -2.56. The van der Waals surface area contributed by atoms with Crippen LogP contribution in [-0.2, 0) is 21.6 Å². The van der Waals surface area contributed by atoms with Crippen molar-refractivity contribution in [1.29, 1.82) is 0 Å². The van der Waals surface area contributed by atoms with Crippen LogP contribution in [0.1, 0.15) is 48.8 Å². The highest BCUT2D eigenvalue weighted by Crippen LogP contribution is 2.43. The van der Waals surface area contributed by atoms with Crippen LogP contribution in [0.5, 0.6) is 0 Å². The molecule has 6 rings (SSSR count). The lowest BCUT2D eigenvalue weighted by molar-refractivity contribution is -0.134. The third-order valence-electron chi connectivity index (χ3n) is 8.31. The normalized spacial score (nSPS) is 19.3. The third kappa shape index (κ3) is 4.91. The Morgan fingerprint density at radius 2 is 1.85 bits per heavy atom. The second kappa shape index (κ2) is 10.2. The molecule has 4 amide bonds. The number of nitrogens with zero attached hydrogens (tertiary/aromatic N) is 3. The number of carbonyl (C=O) groups excluding carboxylic acids is 3. The van der Waals surface area contributed by atoms with Crippen LogP contribution in [0.2, 0.25) is 0 Å². The number of urea groups is 1. The Morgan fingerprint density at radius 3 is 2.64 bits per heavy atom. The molecule has 10 heteroatoms. The van der Waals surface area contributed by atoms with Gasteiger partial charge in [0.15, 0.2) is 0 Å². The summed E-state index contributed by atoms with van der Waals surface area (Å²) in [5, 5.41) is 14.0. The zero-order chi connectivity index (χ0) is 27.0. The number of para-hydroxylation sites is 1. The van der Waals surface area contributed by atoms with Crippen LogP contribution < -0.4 is 10.6 Å². The van der Waals surface area contributed by atoms with E-state index in [2.05, 4.69) is 26.9 Å². The number of aromatic nitrogens is 2. The van der Waals surface area contributed by atoms with Crippen LogP contribution in [0.25, 0.3) is 10.9 Å². The third-order valence-corrected chi connectivity index (χ3v) is 8.31. The number of aromatic amines is 1. The fraction of sp³-hybridized carbons (Fsp3) is 0.448. The van der Waals surface area contributed by atoms with Crippen molar-refractivity contribution >= 4 is 34.6 Å². The van der Waals surface area contributed by atoms with Crippen molar-refractivity contribution in [2.45, 2.75) is 57.1 Å². The zero-order valence-electron chi connectivity index (χ0n) is 22.2. The van der Waals surface area contributed by atoms with E-state index in [1.54, 1.807) is 11.1 Å². The highest BCUT2D eigenvalue weighted by molar-refractivity contribution is 5.90. The molecule has 1 aromatic heterocycles. The number of carbonyl (C=O) groups is 3. The molecular formula is C29H34N6O4. The molecule has 3 aliphatic heterocycles. The fourth-order valence-electron chi connectivity index (χ4n) is 6.24. The summed E-state index contributed by atoms with van der Waals surface area (Å²) >= 11 is 0. The summed E-state index contributed by atoms with van der Waals surface area (Å²) in [4.78, 5) is 43.0. The molecule has 2 fully saturated rings. The van der Waals surface area contributed by atoms with E-state index in [0.29, 0.717) is 32.4 Å². The van der Waals surface area contributed by atoms with E-state index < -0.39 is 17.7 Å². The molecule has 1 atom stereocenters. The van der Waals surface area contributed by atoms with Crippen LogP contribution in [0, 0.1) is 6.92 Å². The highest BCUT2D eigenvalue weighted by atomic mass is 16.6. The van der Waals surface area contributed by atoms with Gasteiger partial charge in [-0.05, 0) is 49.4 Å². The smallest absolute Gasteiger partial charge is 0.412 e. The van der Waals surface area contributed by atoms with E-state index in [4.69, 9.17) is 4.74 Å². The van der Waals surface area contributed by atoms with Gasteiger partial charge in [-0.25, -0.2) is 9.59 Å². The predicted molar refractivity (Wildman–Crippen MR) is 146 cm³/mol. The van der Waals surface area contributed by atoms with E-state index in [9.17, 15) is 14.4 Å². The van der Waals surface area contributed by atoms with Gasteiger partial charge in [0.1, 0.15) is 11.6 Å². The highest BCUT2D eigenvalue weighted by Gasteiger charge is 2.45. The molecule has 3 aliphatic rings. The molecule has 3 N–H and O–H groups in total. The Morgan fingerprint density at radius 1 is 1.08 bits per heavy atom. The standard InChI is InChI=1S/C29H34N6O4/c1-19-15-20(16-21-18-30-33-25(19)21)17-24(26(36)34-11-5-2-6-12-34)31-27(37)35-13-9-29(10-14-35)22-7-3-4-8-23(22)32-28(38)39-29/h3-4,7-8,15-16,18,24H,2,5-6,9-14,17H2,1H3,(H,30,33)(H,31,37)(H,32,38). The number of rotatable bonds is 4. The largest absolute Gasteiger partial charge is 0.438 e. The number of benzene rings is 2. The van der Waals surface area contributed by atoms with Crippen LogP contribution in [-0.4, -0.2) is 70.2 Å². The Labute approximate surface area is 227 Å². The van der Waals surface area contributed by atoms with Gasteiger partial charge in [-0.15, -0.1) is 0 Å². The first-order valence-corrected chi connectivity index (χ1v) is 13.8. The molecule has 2 aromatic carbocycles. The van der Waals surface area contributed by atoms with E-state index >= 15 is 0 Å². The van der Waals surface area contributed by atoms with Crippen molar-refractivity contribution in [1.82, 2.24) is 25.3 Å². The minimum atomic E-state index is -0.754. The average molecular weight is 531 g/mol. The Bertz CT molecular complexity index is 1400. The number of nitrogens with one attached hydrogen (secondary N) is 3. The molecular weight excluding hydrogens is 496 g/mol. The molecule has 39 heavy (non-hydrogen) atoms. The first-order valence-electron chi connectivity index (χ1n) is 13.8. The minimum Gasteiger partial charge on any atom is -0.438 e. The predicted octanol–water partition coefficient (Wildman–Crippen LogP) is 4.06. The minimum absolute atomic E-state index is 0.0392. The number of amides is 4. The van der Waals surface area contributed by atoms with Crippen LogP contribution in [0.3, 0.4) is 0 Å². The average Bonchev–Trinajstić information content (AvgIpc) is 3.42. The molecule has 2 saturated heterocycles. The number of H-pyrrole nitrogens is 1. The van der Waals surface area contributed by atoms with Crippen molar-refractivity contribution < 1.29 is 19.1 Å². The van der Waals surface area contributed by atoms with Gasteiger partial charge >= 0.3 is 12.1 Å². The van der Waals surface area contributed by atoms with Crippen molar-refractivity contribution in [2.24, 2.45) is 0 Å². The maximum absolute atomic E-state index is 13.6. The number of hydrogen-bond acceptors (Lipinski definition) is 5. The summed E-state index contributed by atoms with van der Waals surface area (Å²) in [6.07, 6.45) is 5.78. The summed E-state index contributed by atoms with van der Waals surface area (Å²) in [5.41, 5.74) is 3.94. The molecule has 10 nitrogen and oxygen atoms in total. The first-order chi connectivity index (χ1) is 18.9. The molecule has 0 radical (unpaired) electrons. The quantitative estimate of drug-likeness (QED) is 0.470. The van der Waals surface area contributed by atoms with Gasteiger partial charge in [0, 0.05) is 56.4 Å². The van der Waals surface area contributed by atoms with Gasteiger partial charge < -0.3 is 19.9 Å². The lowest BCUT2D eigenvalue weighted by atomic mass is 9.82. The van der Waals surface area contributed by atoms with E-state index in [1.807, 2.05) is 42.2 Å². The zero-order valence-corrected chi connectivity index (χ0v) is 22.2. The topological polar surface area (TPSA) is 120 Å². The summed E-state index contributed by atoms with van der Waals surface area (Å²) < 4.78 is 5.81. The maximum atomic E-state index is 13.6. The molecule has 3 aromatic rings. The number of ether oxygens (including phenoxy) is 1. The molecule has 0 aliphatic carbocycles. The number of piperidine rings is 2. The van der Waals surface area contributed by atoms with Crippen molar-refractivity contribution in [2.75, 3.05) is 31.5 Å². The van der Waals surface area contributed by atoms with Gasteiger partial charge in [0.05, 0.1) is 17.4 Å². The van der Waals surface area contributed by atoms with Crippen LogP contribution in [0.15, 0.2) is 42.6 Å². The van der Waals surface area contributed by atoms with Crippen molar-refractivity contribution in [3.63, 3.8) is 0 Å². The van der Waals surface area contributed by atoms with Gasteiger partial charge in [0.25, 0.3) is 0 Å². The van der Waals surface area contributed by atoms with E-state index in [0.717, 1.165) is 65.6 Å². The summed E-state index contributed by atoms with van der Waals surface area (Å²) in [5.74, 6) is -0.0392. The monoisotopic (exact) mass is 530 g/mol. The molecule has 0 bridgehead atoms. The molecule has 1 unspecified atom stereocenters. The maximum Gasteiger partial charge on any atom is 0.412 e. The molecule has 0 saturated carbocycles. The molecule has 1 spiro atoms. The molecule has 4 heterocycles. The first kappa shape index (κ1) is 25.2. The van der Waals surface area contributed by atoms with Crippen LogP contribution in [0.4, 0.5) is 15.3 Å². The van der Waals surface area contributed by atoms with Gasteiger partial charge in [0.2, 0.25) is 5.91 Å². The van der Waals surface area contributed by atoms with E-state index in [1.165, 1.54) is 0 Å². The second-order valence-electron chi connectivity index (χ2n) is 10.9. The number of anilines is 1. The van der Waals surface area contributed by atoms with Gasteiger partial charge in [-0.2, -0.15) is 5.10 Å². The molecule has 204 valence electrons. The number of aryl methyl sites for hydroxylation is 1. The summed E-state index contributed by atoms with van der Waals surface area (Å²) in [6, 6.07) is 10.8. The Hall–Kier alpha value is -4.08. The summed E-state index contributed by atoms with van der Waals surface area (Å²) in [7, 11) is 0. The number of fused-ring (bicyclic) bond motifs is 3. The number of hydrogen-bond donors (Lipinski definition) is 3. The summed E-state index contributed by atoms with van der Waals surface area (Å²) in [6.45, 7) is 4.28.